The van der Waals surface area contributed by atoms with Gasteiger partial charge in [-0.2, -0.15) is 0 Å². The zero-order chi connectivity index (χ0) is 11.4. The molecule has 1 aliphatic carbocycles. The van der Waals surface area contributed by atoms with Gasteiger partial charge in [0.1, 0.15) is 5.01 Å². The minimum absolute atomic E-state index is 0.519. The predicted molar refractivity (Wildman–Crippen MR) is 67.7 cm³/mol. The summed E-state index contributed by atoms with van der Waals surface area (Å²) >= 11 is 1.68. The lowest BCUT2D eigenvalue weighted by Crippen LogP contribution is -2.32. The monoisotopic (exact) mass is 238 g/mol. The van der Waals surface area contributed by atoms with Gasteiger partial charge in [0, 0.05) is 17.8 Å². The van der Waals surface area contributed by atoms with Crippen molar-refractivity contribution in [3.63, 3.8) is 0 Å². The number of rotatable bonds is 5. The van der Waals surface area contributed by atoms with Crippen LogP contribution in [0.25, 0.3) is 0 Å². The molecule has 0 bridgehead atoms. The summed E-state index contributed by atoms with van der Waals surface area (Å²) < 4.78 is 0. The fourth-order valence-corrected chi connectivity index (χ4v) is 2.23. The Morgan fingerprint density at radius 1 is 1.69 bits per heavy atom. The number of nitrogens with two attached hydrogens (primary N) is 1. The molecule has 0 radical (unpaired) electrons. The average Bonchev–Trinajstić information content (AvgIpc) is 3.03. The third kappa shape index (κ3) is 3.20. The van der Waals surface area contributed by atoms with Gasteiger partial charge in [-0.1, -0.05) is 6.92 Å². The van der Waals surface area contributed by atoms with Crippen LogP contribution in [-0.2, 0) is 6.54 Å². The maximum atomic E-state index is 5.70. The molecule has 1 aromatic rings. The Balaban J connectivity index is 1.83. The van der Waals surface area contributed by atoms with Crippen molar-refractivity contribution in [2.24, 2.45) is 10.7 Å². The molecule has 0 unspecified atom stereocenters. The van der Waals surface area contributed by atoms with Crippen molar-refractivity contribution in [2.45, 2.75) is 38.6 Å². The largest absolute Gasteiger partial charge is 0.370 e. The second-order valence-electron chi connectivity index (χ2n) is 4.07. The third-order valence-electron chi connectivity index (χ3n) is 2.51. The number of hydrogen-bond donors (Lipinski definition) is 2. The van der Waals surface area contributed by atoms with Crippen molar-refractivity contribution in [3.05, 3.63) is 16.1 Å². The summed E-state index contributed by atoms with van der Waals surface area (Å²) in [4.78, 5) is 8.81. The van der Waals surface area contributed by atoms with Gasteiger partial charge in [-0.25, -0.2) is 9.98 Å². The van der Waals surface area contributed by atoms with Crippen LogP contribution < -0.4 is 11.1 Å². The maximum Gasteiger partial charge on any atom is 0.189 e. The third-order valence-corrected chi connectivity index (χ3v) is 3.36. The van der Waals surface area contributed by atoms with Crippen molar-refractivity contribution in [1.82, 2.24) is 10.3 Å². The Bertz CT molecular complexity index is 368. The fraction of sp³-hybridized carbons (Fsp3) is 0.636. The lowest BCUT2D eigenvalue weighted by Gasteiger charge is -2.01. The maximum absolute atomic E-state index is 5.70. The number of aliphatic imine (C=N–C) groups is 1. The van der Waals surface area contributed by atoms with E-state index in [2.05, 4.69) is 27.6 Å². The Morgan fingerprint density at radius 2 is 2.50 bits per heavy atom. The molecule has 16 heavy (non-hydrogen) atoms. The van der Waals surface area contributed by atoms with Gasteiger partial charge in [-0.3, -0.25) is 0 Å². The van der Waals surface area contributed by atoms with Gasteiger partial charge in [0.25, 0.3) is 0 Å². The number of guanidine groups is 1. The first-order valence-electron chi connectivity index (χ1n) is 5.77. The Kier molecular flexibility index (Phi) is 3.77. The van der Waals surface area contributed by atoms with E-state index in [0.717, 1.165) is 23.9 Å². The first-order valence-corrected chi connectivity index (χ1v) is 6.65. The van der Waals surface area contributed by atoms with Crippen LogP contribution >= 0.6 is 11.3 Å². The van der Waals surface area contributed by atoms with Crippen LogP contribution in [0, 0.1) is 0 Å². The first kappa shape index (κ1) is 11.4. The highest BCUT2D eigenvalue weighted by Gasteiger charge is 2.25. The minimum Gasteiger partial charge on any atom is -0.370 e. The molecule has 88 valence electrons. The van der Waals surface area contributed by atoms with Crippen molar-refractivity contribution in [3.8, 4) is 0 Å². The minimum atomic E-state index is 0.519. The van der Waals surface area contributed by atoms with Gasteiger partial charge in [0.2, 0.25) is 0 Å². The number of thiazole rings is 1. The highest BCUT2D eigenvalue weighted by molar-refractivity contribution is 7.09. The van der Waals surface area contributed by atoms with Crippen LogP contribution in [0.1, 0.15) is 42.8 Å². The molecule has 1 aromatic heterocycles. The highest BCUT2D eigenvalue weighted by Crippen LogP contribution is 2.40. The lowest BCUT2D eigenvalue weighted by molar-refractivity contribution is 0.824. The van der Waals surface area contributed by atoms with Crippen LogP contribution in [0.5, 0.6) is 0 Å². The molecule has 3 N–H and O–H groups in total. The van der Waals surface area contributed by atoms with E-state index in [1.165, 1.54) is 18.5 Å². The van der Waals surface area contributed by atoms with E-state index in [9.17, 15) is 0 Å². The van der Waals surface area contributed by atoms with Crippen LogP contribution in [0.4, 0.5) is 0 Å². The molecule has 0 spiro atoms. The molecule has 1 heterocycles. The van der Waals surface area contributed by atoms with Crippen LogP contribution in [-0.4, -0.2) is 17.5 Å². The molecule has 0 saturated heterocycles. The van der Waals surface area contributed by atoms with E-state index >= 15 is 0 Å². The van der Waals surface area contributed by atoms with Crippen molar-refractivity contribution < 1.29 is 0 Å². The van der Waals surface area contributed by atoms with Gasteiger partial charge in [0.05, 0.1) is 12.2 Å². The van der Waals surface area contributed by atoms with Gasteiger partial charge in [0.15, 0.2) is 5.96 Å². The Hall–Kier alpha value is -1.10. The van der Waals surface area contributed by atoms with E-state index in [4.69, 9.17) is 5.73 Å². The molecule has 0 atom stereocenters. The zero-order valence-electron chi connectivity index (χ0n) is 9.57. The summed E-state index contributed by atoms with van der Waals surface area (Å²) in [5.74, 6) is 1.24. The summed E-state index contributed by atoms with van der Waals surface area (Å²) in [5.41, 5.74) is 6.95. The summed E-state index contributed by atoms with van der Waals surface area (Å²) in [6.45, 7) is 3.57. The molecule has 4 nitrogen and oxygen atoms in total. The fourth-order valence-electron chi connectivity index (χ4n) is 1.43. The molecule has 0 aliphatic heterocycles. The predicted octanol–water partition coefficient (Wildman–Crippen LogP) is 1.83. The molecule has 5 heteroatoms. The average molecular weight is 238 g/mol. The standard InChI is InChI=1S/C11H18N4S/c1-2-5-13-11(12)14-6-10-15-9(7-16-10)8-3-4-8/h7-8H,2-6H2,1H3,(H3,12,13,14). The zero-order valence-corrected chi connectivity index (χ0v) is 10.4. The number of hydrogen-bond acceptors (Lipinski definition) is 3. The van der Waals surface area contributed by atoms with Gasteiger partial charge < -0.3 is 11.1 Å². The van der Waals surface area contributed by atoms with Crippen molar-refractivity contribution in [1.29, 1.82) is 0 Å². The van der Waals surface area contributed by atoms with Crippen molar-refractivity contribution in [2.75, 3.05) is 6.54 Å². The van der Waals surface area contributed by atoms with E-state index in [1.807, 2.05) is 0 Å². The summed E-state index contributed by atoms with van der Waals surface area (Å²) in [6, 6.07) is 0. The van der Waals surface area contributed by atoms with E-state index < -0.39 is 0 Å². The van der Waals surface area contributed by atoms with Crippen molar-refractivity contribution >= 4 is 17.3 Å². The second-order valence-corrected chi connectivity index (χ2v) is 5.01. The van der Waals surface area contributed by atoms with Gasteiger partial charge in [-0.15, -0.1) is 11.3 Å². The first-order chi connectivity index (χ1) is 7.79. The summed E-state index contributed by atoms with van der Waals surface area (Å²) in [5, 5.41) is 6.26. The smallest absolute Gasteiger partial charge is 0.189 e. The number of nitrogens with one attached hydrogen (secondary N) is 1. The van der Waals surface area contributed by atoms with E-state index in [0.29, 0.717) is 12.5 Å². The lowest BCUT2D eigenvalue weighted by atomic mass is 10.3. The van der Waals surface area contributed by atoms with E-state index in [1.54, 1.807) is 11.3 Å². The summed E-state index contributed by atoms with van der Waals surface area (Å²) in [7, 11) is 0. The van der Waals surface area contributed by atoms with E-state index in [-0.39, 0.29) is 0 Å². The molecule has 0 amide bonds. The molecular formula is C11H18N4S. The number of nitrogens with zero attached hydrogens (tertiary/aromatic N) is 2. The molecular weight excluding hydrogens is 220 g/mol. The molecule has 2 rings (SSSR count). The topological polar surface area (TPSA) is 63.3 Å². The molecule has 1 fully saturated rings. The number of aromatic nitrogens is 1. The Labute approximate surface area is 100.0 Å². The van der Waals surface area contributed by atoms with Crippen LogP contribution in [0.3, 0.4) is 0 Å². The van der Waals surface area contributed by atoms with Gasteiger partial charge in [-0.05, 0) is 19.3 Å². The Morgan fingerprint density at radius 3 is 3.19 bits per heavy atom. The highest BCUT2D eigenvalue weighted by atomic mass is 32.1. The molecule has 1 aliphatic rings. The van der Waals surface area contributed by atoms with Crippen LogP contribution in [0.2, 0.25) is 0 Å². The normalized spacial score (nSPS) is 16.4. The molecule has 0 aromatic carbocycles. The SMILES string of the molecule is CCCNC(N)=NCc1nc(C2CC2)cs1. The quantitative estimate of drug-likeness (QED) is 0.607. The van der Waals surface area contributed by atoms with Gasteiger partial charge >= 0.3 is 0 Å². The summed E-state index contributed by atoms with van der Waals surface area (Å²) in [6.07, 6.45) is 3.65. The van der Waals surface area contributed by atoms with Crippen LogP contribution in [0.15, 0.2) is 10.4 Å². The second kappa shape index (κ2) is 5.30. The molecule has 1 saturated carbocycles.